The number of ether oxygens (including phenoxy) is 1. The van der Waals surface area contributed by atoms with Crippen LogP contribution in [0.4, 0.5) is 4.39 Å². The number of rotatable bonds is 7. The first-order chi connectivity index (χ1) is 14.4. The third-order valence-electron chi connectivity index (χ3n) is 4.43. The summed E-state index contributed by atoms with van der Waals surface area (Å²) in [7, 11) is 1.44. The van der Waals surface area contributed by atoms with Gasteiger partial charge in [0.15, 0.2) is 0 Å². The number of amides is 1. The Morgan fingerprint density at radius 1 is 1.20 bits per heavy atom. The number of halogens is 2. The van der Waals surface area contributed by atoms with E-state index in [2.05, 4.69) is 10.3 Å². The maximum Gasteiger partial charge on any atom is 0.305 e. The van der Waals surface area contributed by atoms with Gasteiger partial charge in [0, 0.05) is 16.8 Å². The summed E-state index contributed by atoms with van der Waals surface area (Å²) in [6, 6.07) is 13.1. The zero-order valence-corrected chi connectivity index (χ0v) is 16.7. The summed E-state index contributed by atoms with van der Waals surface area (Å²) in [4.78, 5) is 28.3. The summed E-state index contributed by atoms with van der Waals surface area (Å²) in [5.74, 6) is -1.73. The maximum atomic E-state index is 13.3. The molecular formula is C22H18ClFN2O4. The van der Waals surface area contributed by atoms with Gasteiger partial charge in [0.05, 0.1) is 25.1 Å². The van der Waals surface area contributed by atoms with E-state index in [1.54, 1.807) is 42.5 Å². The highest BCUT2D eigenvalue weighted by Gasteiger charge is 2.22. The molecule has 3 aromatic rings. The summed E-state index contributed by atoms with van der Waals surface area (Å²) in [5.41, 5.74) is 1.80. The predicted octanol–water partition coefficient (Wildman–Crippen LogP) is 4.50. The second-order valence-electron chi connectivity index (χ2n) is 6.43. The number of carboxylic acids is 1. The van der Waals surface area contributed by atoms with Crippen LogP contribution in [-0.4, -0.2) is 29.1 Å². The monoisotopic (exact) mass is 428 g/mol. The second kappa shape index (κ2) is 9.37. The van der Waals surface area contributed by atoms with Crippen LogP contribution in [0.2, 0.25) is 5.02 Å². The van der Waals surface area contributed by atoms with Gasteiger partial charge in [0.2, 0.25) is 5.88 Å². The zero-order chi connectivity index (χ0) is 21.7. The highest BCUT2D eigenvalue weighted by atomic mass is 35.5. The van der Waals surface area contributed by atoms with Crippen molar-refractivity contribution in [2.45, 2.75) is 12.5 Å². The van der Waals surface area contributed by atoms with Gasteiger partial charge in [-0.2, -0.15) is 0 Å². The Labute approximate surface area is 177 Å². The molecule has 2 aromatic carbocycles. The van der Waals surface area contributed by atoms with Crippen LogP contribution in [0.25, 0.3) is 11.1 Å². The molecule has 30 heavy (non-hydrogen) atoms. The number of aromatic nitrogens is 1. The molecule has 1 aromatic heterocycles. The van der Waals surface area contributed by atoms with Crippen LogP contribution < -0.4 is 10.1 Å². The first kappa shape index (κ1) is 21.3. The molecular weight excluding hydrogens is 411 g/mol. The number of benzene rings is 2. The molecule has 0 aliphatic rings. The molecule has 0 aliphatic heterocycles. The van der Waals surface area contributed by atoms with Crippen LogP contribution >= 0.6 is 11.6 Å². The molecule has 1 unspecified atom stereocenters. The summed E-state index contributed by atoms with van der Waals surface area (Å²) in [6.45, 7) is 0. The SMILES string of the molecule is COc1ncc(C(=O)NC(CC(=O)O)c2ccccc2Cl)cc1-c1ccc(F)cc1. The van der Waals surface area contributed by atoms with Crippen molar-refractivity contribution in [2.75, 3.05) is 7.11 Å². The molecule has 1 amide bonds. The molecule has 0 radical (unpaired) electrons. The van der Waals surface area contributed by atoms with E-state index in [0.717, 1.165) is 0 Å². The number of hydrogen-bond donors (Lipinski definition) is 2. The highest BCUT2D eigenvalue weighted by Crippen LogP contribution is 2.30. The Morgan fingerprint density at radius 3 is 2.53 bits per heavy atom. The number of methoxy groups -OCH3 is 1. The Hall–Kier alpha value is -3.45. The van der Waals surface area contributed by atoms with Gasteiger partial charge < -0.3 is 15.2 Å². The molecule has 6 nitrogen and oxygen atoms in total. The van der Waals surface area contributed by atoms with E-state index in [4.69, 9.17) is 16.3 Å². The van der Waals surface area contributed by atoms with E-state index in [1.807, 2.05) is 0 Å². The average molecular weight is 429 g/mol. The Kier molecular flexibility index (Phi) is 6.64. The molecule has 1 heterocycles. The fourth-order valence-electron chi connectivity index (χ4n) is 2.99. The number of pyridine rings is 1. The summed E-state index contributed by atoms with van der Waals surface area (Å²) >= 11 is 6.19. The molecule has 0 bridgehead atoms. The van der Waals surface area contributed by atoms with Gasteiger partial charge in [0.25, 0.3) is 5.91 Å². The van der Waals surface area contributed by atoms with Crippen LogP contribution in [0.1, 0.15) is 28.4 Å². The third kappa shape index (κ3) is 4.93. The summed E-state index contributed by atoms with van der Waals surface area (Å²) in [5, 5.41) is 12.3. The van der Waals surface area contributed by atoms with Crippen molar-refractivity contribution in [2.24, 2.45) is 0 Å². The first-order valence-corrected chi connectivity index (χ1v) is 9.34. The van der Waals surface area contributed by atoms with Gasteiger partial charge in [-0.25, -0.2) is 9.37 Å². The topological polar surface area (TPSA) is 88.5 Å². The maximum absolute atomic E-state index is 13.3. The number of hydrogen-bond acceptors (Lipinski definition) is 4. The molecule has 0 fully saturated rings. The van der Waals surface area contributed by atoms with Crippen molar-refractivity contribution in [3.63, 3.8) is 0 Å². The second-order valence-corrected chi connectivity index (χ2v) is 6.84. The van der Waals surface area contributed by atoms with Crippen molar-refractivity contribution in [1.29, 1.82) is 0 Å². The minimum atomic E-state index is -1.08. The minimum Gasteiger partial charge on any atom is -0.481 e. The van der Waals surface area contributed by atoms with Gasteiger partial charge in [-0.1, -0.05) is 41.9 Å². The van der Waals surface area contributed by atoms with Crippen LogP contribution in [0, 0.1) is 5.82 Å². The lowest BCUT2D eigenvalue weighted by molar-refractivity contribution is -0.137. The van der Waals surface area contributed by atoms with E-state index in [-0.39, 0.29) is 17.9 Å². The van der Waals surface area contributed by atoms with E-state index >= 15 is 0 Å². The number of nitrogens with zero attached hydrogens (tertiary/aromatic N) is 1. The largest absolute Gasteiger partial charge is 0.481 e. The van der Waals surface area contributed by atoms with Crippen molar-refractivity contribution in [3.8, 4) is 17.0 Å². The lowest BCUT2D eigenvalue weighted by Gasteiger charge is -2.19. The van der Waals surface area contributed by atoms with Crippen LogP contribution in [-0.2, 0) is 4.79 Å². The van der Waals surface area contributed by atoms with Crippen molar-refractivity contribution < 1.29 is 23.8 Å². The summed E-state index contributed by atoms with van der Waals surface area (Å²) in [6.07, 6.45) is 0.982. The molecule has 0 saturated heterocycles. The average Bonchev–Trinajstić information content (AvgIpc) is 2.73. The fourth-order valence-corrected chi connectivity index (χ4v) is 3.26. The quantitative estimate of drug-likeness (QED) is 0.578. The third-order valence-corrected chi connectivity index (χ3v) is 4.77. The molecule has 0 saturated carbocycles. The van der Waals surface area contributed by atoms with Crippen LogP contribution in [0.15, 0.2) is 60.8 Å². The zero-order valence-electron chi connectivity index (χ0n) is 15.9. The van der Waals surface area contributed by atoms with Gasteiger partial charge in [-0.15, -0.1) is 0 Å². The normalized spacial score (nSPS) is 11.6. The van der Waals surface area contributed by atoms with Gasteiger partial charge in [0.1, 0.15) is 5.82 Å². The molecule has 2 N–H and O–H groups in total. The van der Waals surface area contributed by atoms with E-state index in [1.165, 1.54) is 25.4 Å². The Bertz CT molecular complexity index is 1070. The van der Waals surface area contributed by atoms with Gasteiger partial charge in [-0.05, 0) is 35.4 Å². The van der Waals surface area contributed by atoms with Gasteiger partial charge >= 0.3 is 5.97 Å². The standard InChI is InChI=1S/C22H18ClFN2O4/c1-30-22-17(13-6-8-15(24)9-7-13)10-14(12-25-22)21(29)26-19(11-20(27)28)16-4-2-3-5-18(16)23/h2-10,12,19H,11H2,1H3,(H,26,29)(H,27,28). The predicted molar refractivity (Wildman–Crippen MR) is 110 cm³/mol. The number of aliphatic carboxylic acids is 1. The number of carboxylic acid groups (broad SMARTS) is 1. The van der Waals surface area contributed by atoms with Crippen LogP contribution in [0.3, 0.4) is 0 Å². The van der Waals surface area contributed by atoms with E-state index in [9.17, 15) is 19.1 Å². The van der Waals surface area contributed by atoms with Crippen molar-refractivity contribution in [1.82, 2.24) is 10.3 Å². The lowest BCUT2D eigenvalue weighted by Crippen LogP contribution is -2.30. The van der Waals surface area contributed by atoms with Crippen molar-refractivity contribution in [3.05, 3.63) is 82.8 Å². The molecule has 3 rings (SSSR count). The number of nitrogens with one attached hydrogen (secondary N) is 1. The summed E-state index contributed by atoms with van der Waals surface area (Å²) < 4.78 is 18.5. The van der Waals surface area contributed by atoms with Crippen molar-refractivity contribution >= 4 is 23.5 Å². The van der Waals surface area contributed by atoms with Crippen LogP contribution in [0.5, 0.6) is 5.88 Å². The highest BCUT2D eigenvalue weighted by molar-refractivity contribution is 6.31. The lowest BCUT2D eigenvalue weighted by atomic mass is 10.0. The molecule has 8 heteroatoms. The fraction of sp³-hybridized carbons (Fsp3) is 0.136. The van der Waals surface area contributed by atoms with E-state index < -0.39 is 23.7 Å². The molecule has 154 valence electrons. The minimum absolute atomic E-state index is 0.192. The Balaban J connectivity index is 1.93. The molecule has 0 aliphatic carbocycles. The van der Waals surface area contributed by atoms with E-state index in [0.29, 0.717) is 21.7 Å². The van der Waals surface area contributed by atoms with Gasteiger partial charge in [-0.3, -0.25) is 9.59 Å². The molecule has 1 atom stereocenters. The Morgan fingerprint density at radius 2 is 1.90 bits per heavy atom. The molecule has 0 spiro atoms. The number of carbonyl (C=O) groups is 2. The first-order valence-electron chi connectivity index (χ1n) is 8.96. The smallest absolute Gasteiger partial charge is 0.305 e. The number of carbonyl (C=O) groups excluding carboxylic acids is 1.